The van der Waals surface area contributed by atoms with Gasteiger partial charge in [0, 0.05) is 18.7 Å². The maximum atomic E-state index is 12.6. The fraction of sp³-hybridized carbons (Fsp3) is 0.333. The number of hydrogen-bond donors (Lipinski definition) is 4. The molecule has 4 N–H and O–H groups in total. The standard InChI is InChI=1S/C18H19N3O8S/c1-2-5-29-17(25)14(18(26)30)9-6-13(19-8-9)15(22)20-12-7-10(21(27)28)3-4-11(12)16(23)24/h2-4,7,9,13-14,19H,1,5-6,8H2,(H,20,22)(H,23,24)(H,26,30)/t9-,13?,14+/m1/s1. The van der Waals surface area contributed by atoms with Gasteiger partial charge in [-0.1, -0.05) is 12.7 Å². The molecule has 160 valence electrons. The van der Waals surface area contributed by atoms with Crippen LogP contribution in [-0.4, -0.2) is 57.2 Å². The van der Waals surface area contributed by atoms with E-state index in [0.717, 1.165) is 18.2 Å². The van der Waals surface area contributed by atoms with Crippen molar-refractivity contribution in [3.63, 3.8) is 0 Å². The second kappa shape index (κ2) is 9.89. The second-order valence-corrected chi connectivity index (χ2v) is 6.89. The fourth-order valence-corrected chi connectivity index (χ4v) is 3.39. The van der Waals surface area contributed by atoms with Crippen LogP contribution in [0.5, 0.6) is 0 Å². The van der Waals surface area contributed by atoms with Gasteiger partial charge >= 0.3 is 11.9 Å². The van der Waals surface area contributed by atoms with E-state index in [2.05, 4.69) is 17.2 Å². The van der Waals surface area contributed by atoms with Gasteiger partial charge in [-0.05, 0) is 30.6 Å². The highest BCUT2D eigenvalue weighted by Crippen LogP contribution is 2.27. The monoisotopic (exact) mass is 437 g/mol. The number of amides is 1. The van der Waals surface area contributed by atoms with E-state index in [4.69, 9.17) is 17.0 Å². The number of aliphatic hydroxyl groups is 1. The third-order valence-electron chi connectivity index (χ3n) is 4.52. The molecule has 30 heavy (non-hydrogen) atoms. The summed E-state index contributed by atoms with van der Waals surface area (Å²) in [5, 5.41) is 34.6. The molecule has 1 unspecified atom stereocenters. The molecule has 2 rings (SSSR count). The van der Waals surface area contributed by atoms with E-state index in [0.29, 0.717) is 0 Å². The van der Waals surface area contributed by atoms with Gasteiger partial charge in [0.15, 0.2) is 5.05 Å². The summed E-state index contributed by atoms with van der Waals surface area (Å²) in [6.07, 6.45) is 1.45. The smallest absolute Gasteiger partial charge is 0.337 e. The van der Waals surface area contributed by atoms with Crippen LogP contribution >= 0.6 is 12.2 Å². The van der Waals surface area contributed by atoms with Crippen molar-refractivity contribution in [1.29, 1.82) is 0 Å². The number of esters is 1. The van der Waals surface area contributed by atoms with Crippen molar-refractivity contribution in [2.75, 3.05) is 18.5 Å². The molecule has 1 aliphatic heterocycles. The van der Waals surface area contributed by atoms with Gasteiger partial charge in [0.1, 0.15) is 12.5 Å². The summed E-state index contributed by atoms with van der Waals surface area (Å²) in [4.78, 5) is 46.3. The zero-order chi connectivity index (χ0) is 22.4. The first-order valence-electron chi connectivity index (χ1n) is 8.72. The minimum Gasteiger partial charge on any atom is -0.501 e. The number of aromatic carboxylic acids is 1. The number of non-ortho nitro benzene ring substituents is 1. The number of thiocarbonyl (C=S) groups is 1. The van der Waals surface area contributed by atoms with Gasteiger partial charge in [-0.15, -0.1) is 0 Å². The summed E-state index contributed by atoms with van der Waals surface area (Å²) < 4.78 is 4.93. The van der Waals surface area contributed by atoms with E-state index in [1.54, 1.807) is 0 Å². The molecule has 1 heterocycles. The van der Waals surface area contributed by atoms with E-state index < -0.39 is 45.7 Å². The van der Waals surface area contributed by atoms with Crippen molar-refractivity contribution in [1.82, 2.24) is 5.32 Å². The molecule has 0 aromatic heterocycles. The van der Waals surface area contributed by atoms with Crippen LogP contribution in [0.1, 0.15) is 16.8 Å². The summed E-state index contributed by atoms with van der Waals surface area (Å²) in [6.45, 7) is 3.52. The van der Waals surface area contributed by atoms with Crippen molar-refractivity contribution >= 4 is 46.5 Å². The number of carboxylic acids is 1. The lowest BCUT2D eigenvalue weighted by Gasteiger charge is -2.19. The predicted octanol–water partition coefficient (Wildman–Crippen LogP) is 1.44. The third kappa shape index (κ3) is 5.36. The lowest BCUT2D eigenvalue weighted by molar-refractivity contribution is -0.384. The third-order valence-corrected chi connectivity index (χ3v) is 4.77. The highest BCUT2D eigenvalue weighted by molar-refractivity contribution is 7.80. The van der Waals surface area contributed by atoms with E-state index in [-0.39, 0.29) is 36.5 Å². The van der Waals surface area contributed by atoms with Gasteiger partial charge in [-0.3, -0.25) is 19.7 Å². The second-order valence-electron chi connectivity index (χ2n) is 6.47. The average molecular weight is 437 g/mol. The van der Waals surface area contributed by atoms with Crippen molar-refractivity contribution < 1.29 is 34.3 Å². The summed E-state index contributed by atoms with van der Waals surface area (Å²) in [7, 11) is 0. The predicted molar refractivity (Wildman–Crippen MR) is 108 cm³/mol. The van der Waals surface area contributed by atoms with Crippen molar-refractivity contribution in [2.24, 2.45) is 11.8 Å². The van der Waals surface area contributed by atoms with E-state index in [1.807, 2.05) is 0 Å². The Morgan fingerprint density at radius 2 is 2.13 bits per heavy atom. The normalized spacial score (nSPS) is 18.8. The number of nitro benzene ring substituents is 1. The van der Waals surface area contributed by atoms with Crippen LogP contribution in [0.4, 0.5) is 11.4 Å². The van der Waals surface area contributed by atoms with Crippen molar-refractivity contribution in [3.8, 4) is 0 Å². The largest absolute Gasteiger partial charge is 0.501 e. The Balaban J connectivity index is 2.14. The van der Waals surface area contributed by atoms with Gasteiger partial charge in [0.2, 0.25) is 5.91 Å². The Bertz CT molecular complexity index is 903. The summed E-state index contributed by atoms with van der Waals surface area (Å²) in [5.41, 5.74) is -0.930. The molecule has 1 aromatic carbocycles. The van der Waals surface area contributed by atoms with Gasteiger partial charge in [0.05, 0.1) is 22.2 Å². The molecule has 1 saturated heterocycles. The average Bonchev–Trinajstić information content (AvgIpc) is 3.15. The zero-order valence-corrected chi connectivity index (χ0v) is 16.4. The lowest BCUT2D eigenvalue weighted by Crippen LogP contribution is -2.35. The zero-order valence-electron chi connectivity index (χ0n) is 15.6. The van der Waals surface area contributed by atoms with E-state index >= 15 is 0 Å². The molecule has 0 bridgehead atoms. The highest BCUT2D eigenvalue weighted by atomic mass is 32.1. The molecule has 12 heteroatoms. The minimum absolute atomic E-state index is 0.0627. The van der Waals surface area contributed by atoms with Crippen LogP contribution in [0.15, 0.2) is 30.9 Å². The Kier molecular flexibility index (Phi) is 7.55. The Morgan fingerprint density at radius 3 is 2.70 bits per heavy atom. The molecule has 1 aromatic rings. The Labute approximate surface area is 175 Å². The fourth-order valence-electron chi connectivity index (χ4n) is 3.10. The highest BCUT2D eigenvalue weighted by Gasteiger charge is 2.40. The maximum Gasteiger partial charge on any atom is 0.337 e. The number of anilines is 1. The number of hydrogen-bond acceptors (Lipinski definition) is 8. The summed E-state index contributed by atoms with van der Waals surface area (Å²) in [5.74, 6) is -4.44. The number of rotatable bonds is 9. The molecule has 0 radical (unpaired) electrons. The molecule has 1 fully saturated rings. The molecular formula is C18H19N3O8S. The lowest BCUT2D eigenvalue weighted by atomic mass is 9.90. The van der Waals surface area contributed by atoms with Crippen LogP contribution < -0.4 is 10.6 Å². The molecule has 3 atom stereocenters. The number of nitrogens with one attached hydrogen (secondary N) is 2. The number of nitrogens with zero attached hydrogens (tertiary/aromatic N) is 1. The quantitative estimate of drug-likeness (QED) is 0.146. The molecule has 1 amide bonds. The van der Waals surface area contributed by atoms with Crippen molar-refractivity contribution in [2.45, 2.75) is 12.5 Å². The van der Waals surface area contributed by atoms with Gasteiger partial charge in [-0.2, -0.15) is 0 Å². The number of carbonyl (C=O) groups excluding carboxylic acids is 2. The summed E-state index contributed by atoms with van der Waals surface area (Å²) >= 11 is 4.75. The van der Waals surface area contributed by atoms with Gasteiger partial charge in [-0.25, -0.2) is 4.79 Å². The summed E-state index contributed by atoms with van der Waals surface area (Å²) in [6, 6.07) is 2.15. The number of nitro groups is 1. The molecule has 0 saturated carbocycles. The SMILES string of the molecule is C=CCOC(=O)[C@@H](C(O)=S)[C@H]1CNC(C(=O)Nc2cc([N+](=O)[O-])ccc2C(=O)O)C1. The number of carboxylic acid groups (broad SMARTS) is 1. The maximum absolute atomic E-state index is 12.6. The van der Waals surface area contributed by atoms with E-state index in [9.17, 15) is 34.7 Å². The first-order chi connectivity index (χ1) is 14.1. The Hall–Kier alpha value is -3.38. The van der Waals surface area contributed by atoms with Crippen LogP contribution in [-0.2, 0) is 14.3 Å². The number of benzene rings is 1. The van der Waals surface area contributed by atoms with Gasteiger partial charge in [0.25, 0.3) is 5.69 Å². The molecule has 11 nitrogen and oxygen atoms in total. The van der Waals surface area contributed by atoms with Crippen LogP contribution in [0.2, 0.25) is 0 Å². The van der Waals surface area contributed by atoms with Crippen LogP contribution in [0.3, 0.4) is 0 Å². The molecule has 1 aliphatic rings. The number of carbonyl (C=O) groups is 3. The Morgan fingerprint density at radius 1 is 1.43 bits per heavy atom. The topological polar surface area (TPSA) is 168 Å². The van der Waals surface area contributed by atoms with E-state index in [1.165, 1.54) is 6.08 Å². The number of aliphatic hydroxyl groups excluding tert-OH is 1. The first-order valence-corrected chi connectivity index (χ1v) is 9.12. The molecule has 0 aliphatic carbocycles. The molecule has 0 spiro atoms. The van der Waals surface area contributed by atoms with Crippen LogP contribution in [0.25, 0.3) is 0 Å². The van der Waals surface area contributed by atoms with Gasteiger partial charge < -0.3 is 25.6 Å². The minimum atomic E-state index is -1.37. The van der Waals surface area contributed by atoms with Crippen LogP contribution in [0, 0.1) is 22.0 Å². The van der Waals surface area contributed by atoms with Crippen molar-refractivity contribution in [3.05, 3.63) is 46.5 Å². The first kappa shape index (κ1) is 22.9. The number of ether oxygens (including phenoxy) is 1. The molecular weight excluding hydrogens is 418 g/mol.